The van der Waals surface area contributed by atoms with Crippen molar-refractivity contribution in [2.75, 3.05) is 5.75 Å². The summed E-state index contributed by atoms with van der Waals surface area (Å²) >= 11 is 1.72. The second kappa shape index (κ2) is 6.64. The maximum Gasteiger partial charge on any atom is 0.242 e. The average Bonchev–Trinajstić information content (AvgIpc) is 2.61. The third-order valence-electron chi connectivity index (χ3n) is 2.69. The predicted octanol–water partition coefficient (Wildman–Crippen LogP) is 2.40. The van der Waals surface area contributed by atoms with Gasteiger partial charge in [-0.05, 0) is 40.0 Å². The number of carbonyl (C=O) groups is 1. The van der Waals surface area contributed by atoms with E-state index in [0.717, 1.165) is 17.3 Å². The van der Waals surface area contributed by atoms with Gasteiger partial charge < -0.3 is 10.6 Å². The van der Waals surface area contributed by atoms with Crippen molar-refractivity contribution in [3.8, 4) is 0 Å². The SMILES string of the molecule is CC(C)CC1CSC(NC(C)C(=O)NC(C)(C)C)=N1. The molecule has 0 aromatic carbocycles. The normalized spacial score (nSPS) is 21.2. The first-order valence-electron chi connectivity index (χ1n) is 6.96. The molecule has 110 valence electrons. The van der Waals surface area contributed by atoms with Crippen LogP contribution in [0.5, 0.6) is 0 Å². The molecule has 0 saturated heterocycles. The molecule has 5 heteroatoms. The van der Waals surface area contributed by atoms with Crippen LogP contribution in [0.1, 0.15) is 48.0 Å². The summed E-state index contributed by atoms with van der Waals surface area (Å²) in [6.45, 7) is 12.3. The lowest BCUT2D eigenvalue weighted by molar-refractivity contribution is -0.123. The quantitative estimate of drug-likeness (QED) is 0.834. The zero-order chi connectivity index (χ0) is 14.6. The molecule has 1 aliphatic rings. The Morgan fingerprint density at radius 1 is 1.42 bits per heavy atom. The molecule has 1 heterocycles. The number of amidine groups is 1. The molecule has 0 fully saturated rings. The molecular formula is C14H27N3OS. The zero-order valence-electron chi connectivity index (χ0n) is 12.9. The van der Waals surface area contributed by atoms with Crippen molar-refractivity contribution in [3.63, 3.8) is 0 Å². The molecule has 0 radical (unpaired) electrons. The zero-order valence-corrected chi connectivity index (χ0v) is 13.7. The fraction of sp³-hybridized carbons (Fsp3) is 0.857. The first-order valence-corrected chi connectivity index (χ1v) is 7.95. The molecule has 2 N–H and O–H groups in total. The van der Waals surface area contributed by atoms with Crippen LogP contribution in [0.25, 0.3) is 0 Å². The molecule has 1 aliphatic heterocycles. The van der Waals surface area contributed by atoms with E-state index in [4.69, 9.17) is 0 Å². The number of carbonyl (C=O) groups excluding carboxylic acids is 1. The molecule has 2 atom stereocenters. The highest BCUT2D eigenvalue weighted by Crippen LogP contribution is 2.22. The van der Waals surface area contributed by atoms with Gasteiger partial charge in [0.25, 0.3) is 0 Å². The summed E-state index contributed by atoms with van der Waals surface area (Å²) in [6, 6.07) is 0.147. The van der Waals surface area contributed by atoms with Gasteiger partial charge in [-0.25, -0.2) is 0 Å². The summed E-state index contributed by atoms with van der Waals surface area (Å²) in [5.74, 6) is 1.70. The van der Waals surface area contributed by atoms with E-state index >= 15 is 0 Å². The van der Waals surface area contributed by atoms with Gasteiger partial charge >= 0.3 is 0 Å². The number of nitrogens with one attached hydrogen (secondary N) is 2. The van der Waals surface area contributed by atoms with Crippen LogP contribution in [-0.2, 0) is 4.79 Å². The molecule has 0 spiro atoms. The lowest BCUT2D eigenvalue weighted by Gasteiger charge is -2.23. The van der Waals surface area contributed by atoms with Crippen molar-refractivity contribution in [1.29, 1.82) is 0 Å². The third kappa shape index (κ3) is 6.32. The summed E-state index contributed by atoms with van der Waals surface area (Å²) in [7, 11) is 0. The minimum absolute atomic E-state index is 0.0168. The Morgan fingerprint density at radius 3 is 2.58 bits per heavy atom. The number of amides is 1. The molecule has 0 saturated carbocycles. The molecule has 1 rings (SSSR count). The Hall–Kier alpha value is -0.710. The second-order valence-electron chi connectivity index (χ2n) is 6.63. The Labute approximate surface area is 121 Å². The van der Waals surface area contributed by atoms with Crippen LogP contribution in [0.3, 0.4) is 0 Å². The molecule has 1 amide bonds. The van der Waals surface area contributed by atoms with E-state index in [1.165, 1.54) is 0 Å². The Kier molecular flexibility index (Phi) is 5.71. The summed E-state index contributed by atoms with van der Waals surface area (Å²) < 4.78 is 0. The largest absolute Gasteiger partial charge is 0.353 e. The highest BCUT2D eigenvalue weighted by molar-refractivity contribution is 8.14. The van der Waals surface area contributed by atoms with E-state index in [0.29, 0.717) is 12.0 Å². The summed E-state index contributed by atoms with van der Waals surface area (Å²) in [5, 5.41) is 7.08. The molecule has 0 aromatic rings. The molecule has 0 bridgehead atoms. The van der Waals surface area contributed by atoms with Crippen LogP contribution in [-0.4, -0.2) is 34.5 Å². The van der Waals surface area contributed by atoms with Crippen molar-refractivity contribution in [1.82, 2.24) is 10.6 Å². The standard InChI is InChI=1S/C14H27N3OS/c1-9(2)7-11-8-19-13(16-11)15-10(3)12(18)17-14(4,5)6/h9-11H,7-8H2,1-6H3,(H,15,16)(H,17,18). The summed E-state index contributed by atoms with van der Waals surface area (Å²) in [4.78, 5) is 16.6. The molecule has 4 nitrogen and oxygen atoms in total. The van der Waals surface area contributed by atoms with Gasteiger partial charge in [-0.2, -0.15) is 0 Å². The monoisotopic (exact) mass is 285 g/mol. The van der Waals surface area contributed by atoms with Crippen LogP contribution >= 0.6 is 11.8 Å². The fourth-order valence-electron chi connectivity index (χ4n) is 1.89. The van der Waals surface area contributed by atoms with Crippen molar-refractivity contribution in [3.05, 3.63) is 0 Å². The number of thioether (sulfide) groups is 1. The highest BCUT2D eigenvalue weighted by Gasteiger charge is 2.24. The van der Waals surface area contributed by atoms with E-state index in [9.17, 15) is 4.79 Å². The van der Waals surface area contributed by atoms with Crippen molar-refractivity contribution in [2.45, 2.75) is 65.6 Å². The van der Waals surface area contributed by atoms with Gasteiger partial charge in [-0.1, -0.05) is 25.6 Å². The van der Waals surface area contributed by atoms with E-state index in [1.807, 2.05) is 27.7 Å². The minimum Gasteiger partial charge on any atom is -0.353 e. The number of nitrogens with zero attached hydrogens (tertiary/aromatic N) is 1. The smallest absolute Gasteiger partial charge is 0.242 e. The second-order valence-corrected chi connectivity index (χ2v) is 7.64. The Balaban J connectivity index is 2.45. The number of hydrogen-bond donors (Lipinski definition) is 2. The lowest BCUT2D eigenvalue weighted by Crippen LogP contribution is -2.50. The van der Waals surface area contributed by atoms with Gasteiger partial charge in [0.05, 0.1) is 6.04 Å². The van der Waals surface area contributed by atoms with Gasteiger partial charge in [0.2, 0.25) is 5.91 Å². The van der Waals surface area contributed by atoms with Crippen LogP contribution in [0.15, 0.2) is 4.99 Å². The van der Waals surface area contributed by atoms with E-state index in [-0.39, 0.29) is 17.5 Å². The van der Waals surface area contributed by atoms with Crippen LogP contribution in [0.4, 0.5) is 0 Å². The van der Waals surface area contributed by atoms with Crippen LogP contribution in [0.2, 0.25) is 0 Å². The first-order chi connectivity index (χ1) is 8.67. The molecular weight excluding hydrogens is 258 g/mol. The van der Waals surface area contributed by atoms with Gasteiger partial charge in [-0.3, -0.25) is 9.79 Å². The van der Waals surface area contributed by atoms with Gasteiger partial charge in [-0.15, -0.1) is 0 Å². The lowest BCUT2D eigenvalue weighted by atomic mass is 10.1. The molecule has 0 aliphatic carbocycles. The van der Waals surface area contributed by atoms with Crippen LogP contribution < -0.4 is 10.6 Å². The average molecular weight is 285 g/mol. The third-order valence-corrected chi connectivity index (χ3v) is 3.74. The Morgan fingerprint density at radius 2 is 2.05 bits per heavy atom. The number of aliphatic imine (C=N–C) groups is 1. The van der Waals surface area contributed by atoms with Crippen molar-refractivity contribution < 1.29 is 4.79 Å². The summed E-state index contributed by atoms with van der Waals surface area (Å²) in [6.07, 6.45) is 1.11. The van der Waals surface area contributed by atoms with Gasteiger partial charge in [0.15, 0.2) is 5.17 Å². The molecule has 0 aromatic heterocycles. The van der Waals surface area contributed by atoms with E-state index in [2.05, 4.69) is 29.5 Å². The first kappa shape index (κ1) is 16.3. The van der Waals surface area contributed by atoms with Crippen molar-refractivity contribution in [2.24, 2.45) is 10.9 Å². The maximum absolute atomic E-state index is 12.0. The maximum atomic E-state index is 12.0. The highest BCUT2D eigenvalue weighted by atomic mass is 32.2. The molecule has 2 unspecified atom stereocenters. The van der Waals surface area contributed by atoms with Gasteiger partial charge in [0, 0.05) is 11.3 Å². The molecule has 19 heavy (non-hydrogen) atoms. The summed E-state index contributed by atoms with van der Waals surface area (Å²) in [5.41, 5.74) is -0.197. The van der Waals surface area contributed by atoms with Crippen LogP contribution in [0, 0.1) is 5.92 Å². The number of hydrogen-bond acceptors (Lipinski definition) is 4. The predicted molar refractivity (Wildman–Crippen MR) is 83.6 cm³/mol. The van der Waals surface area contributed by atoms with E-state index in [1.54, 1.807) is 11.8 Å². The van der Waals surface area contributed by atoms with E-state index < -0.39 is 0 Å². The topological polar surface area (TPSA) is 53.5 Å². The fourth-order valence-corrected chi connectivity index (χ4v) is 2.93. The van der Waals surface area contributed by atoms with Gasteiger partial charge in [0.1, 0.15) is 6.04 Å². The van der Waals surface area contributed by atoms with Crippen molar-refractivity contribution >= 4 is 22.8 Å². The number of rotatable bonds is 4. The Bertz CT molecular complexity index is 347. The minimum atomic E-state index is -0.247.